The third kappa shape index (κ3) is 5.41. The molecule has 2 aromatic rings. The topological polar surface area (TPSA) is 40.6 Å². The van der Waals surface area contributed by atoms with Crippen LogP contribution in [0.15, 0.2) is 53.4 Å². The molecule has 0 aliphatic heterocycles. The quantitative estimate of drug-likeness (QED) is 0.618. The van der Waals surface area contributed by atoms with Crippen molar-refractivity contribution in [1.82, 2.24) is 4.90 Å². The molecule has 2 aromatic carbocycles. The van der Waals surface area contributed by atoms with E-state index in [0.29, 0.717) is 17.4 Å². The van der Waals surface area contributed by atoms with E-state index in [1.165, 1.54) is 31.0 Å². The second kappa shape index (κ2) is 9.97. The van der Waals surface area contributed by atoms with E-state index in [4.69, 9.17) is 0 Å². The van der Waals surface area contributed by atoms with Crippen LogP contribution in [0.5, 0.6) is 0 Å². The average Bonchev–Trinajstić information content (AvgIpc) is 2.77. The van der Waals surface area contributed by atoms with Gasteiger partial charge in [0.15, 0.2) is 0 Å². The highest BCUT2D eigenvalue weighted by molar-refractivity contribution is 8.00. The lowest BCUT2D eigenvalue weighted by Gasteiger charge is -2.31. The fraction of sp³-hybridized carbons (Fsp3) is 0.417. The van der Waals surface area contributed by atoms with Crippen molar-refractivity contribution in [2.45, 2.75) is 50.0 Å². The second-order valence-electron chi connectivity index (χ2n) is 7.78. The Morgan fingerprint density at radius 2 is 1.62 bits per heavy atom. The second-order valence-corrected chi connectivity index (χ2v) is 8.80. The van der Waals surface area contributed by atoms with Gasteiger partial charge in [-0.25, -0.2) is 0 Å². The van der Waals surface area contributed by atoms with Crippen LogP contribution in [0.2, 0.25) is 0 Å². The summed E-state index contributed by atoms with van der Waals surface area (Å²) in [6.45, 7) is 2.03. The third-order valence-corrected chi connectivity index (χ3v) is 6.77. The lowest BCUT2D eigenvalue weighted by Crippen LogP contribution is -2.39. The van der Waals surface area contributed by atoms with Crippen LogP contribution in [0, 0.1) is 6.92 Å². The van der Waals surface area contributed by atoms with Crippen LogP contribution in [-0.4, -0.2) is 42.6 Å². The molecule has 29 heavy (non-hydrogen) atoms. The first-order valence-electron chi connectivity index (χ1n) is 10.3. The van der Waals surface area contributed by atoms with Gasteiger partial charge in [0.05, 0.1) is 11.3 Å². The highest BCUT2D eigenvalue weighted by Crippen LogP contribution is 2.27. The molecule has 154 valence electrons. The molecule has 0 N–H and O–H groups in total. The van der Waals surface area contributed by atoms with Crippen molar-refractivity contribution in [2.24, 2.45) is 0 Å². The highest BCUT2D eigenvalue weighted by Gasteiger charge is 2.23. The summed E-state index contributed by atoms with van der Waals surface area (Å²) >= 11 is 1.45. The SMILES string of the molecule is Cc1ccc(N(C)C(=O)c2ccccc2SCC(=O)N(C)C2CCCCC2)cc1. The van der Waals surface area contributed by atoms with E-state index in [-0.39, 0.29) is 11.8 Å². The molecule has 0 saturated heterocycles. The summed E-state index contributed by atoms with van der Waals surface area (Å²) in [5.74, 6) is 0.423. The Balaban J connectivity index is 1.67. The third-order valence-electron chi connectivity index (χ3n) is 5.71. The maximum absolute atomic E-state index is 13.1. The number of thioether (sulfide) groups is 1. The predicted molar refractivity (Wildman–Crippen MR) is 121 cm³/mol. The van der Waals surface area contributed by atoms with E-state index in [2.05, 4.69) is 0 Å². The van der Waals surface area contributed by atoms with Crippen molar-refractivity contribution in [3.63, 3.8) is 0 Å². The van der Waals surface area contributed by atoms with Crippen molar-refractivity contribution < 1.29 is 9.59 Å². The Labute approximate surface area is 178 Å². The molecular formula is C24H30N2O2S. The van der Waals surface area contributed by atoms with E-state index in [0.717, 1.165) is 29.0 Å². The molecule has 1 aliphatic carbocycles. The number of amides is 2. The lowest BCUT2D eigenvalue weighted by atomic mass is 9.94. The summed E-state index contributed by atoms with van der Waals surface area (Å²) in [4.78, 5) is 30.2. The lowest BCUT2D eigenvalue weighted by molar-refractivity contribution is -0.129. The minimum absolute atomic E-state index is 0.0648. The Morgan fingerprint density at radius 3 is 2.31 bits per heavy atom. The molecular weight excluding hydrogens is 380 g/mol. The van der Waals surface area contributed by atoms with Gasteiger partial charge in [0, 0.05) is 30.7 Å². The fourth-order valence-corrected chi connectivity index (χ4v) is 4.72. The molecule has 0 bridgehead atoms. The number of hydrogen-bond acceptors (Lipinski definition) is 3. The average molecular weight is 411 g/mol. The monoisotopic (exact) mass is 410 g/mol. The first-order chi connectivity index (χ1) is 14.0. The van der Waals surface area contributed by atoms with Gasteiger partial charge in [0.25, 0.3) is 5.91 Å². The molecule has 4 nitrogen and oxygen atoms in total. The normalized spacial score (nSPS) is 14.4. The van der Waals surface area contributed by atoms with Crippen LogP contribution < -0.4 is 4.90 Å². The minimum Gasteiger partial charge on any atom is -0.342 e. The van der Waals surface area contributed by atoms with Crippen molar-refractivity contribution in [2.75, 3.05) is 24.7 Å². The Morgan fingerprint density at radius 1 is 0.966 bits per heavy atom. The zero-order valence-corrected chi connectivity index (χ0v) is 18.4. The Bertz CT molecular complexity index is 844. The van der Waals surface area contributed by atoms with Gasteiger partial charge in [-0.1, -0.05) is 49.1 Å². The first-order valence-corrected chi connectivity index (χ1v) is 11.3. The molecule has 3 rings (SSSR count). The molecule has 0 radical (unpaired) electrons. The van der Waals surface area contributed by atoms with Crippen LogP contribution >= 0.6 is 11.8 Å². The number of carbonyl (C=O) groups is 2. The zero-order valence-electron chi connectivity index (χ0n) is 17.6. The summed E-state index contributed by atoms with van der Waals surface area (Å²) in [7, 11) is 3.71. The van der Waals surface area contributed by atoms with Gasteiger partial charge in [0.2, 0.25) is 5.91 Å². The van der Waals surface area contributed by atoms with Gasteiger partial charge in [0.1, 0.15) is 0 Å². The predicted octanol–water partition coefficient (Wildman–Crippen LogP) is 5.15. The molecule has 1 fully saturated rings. The first kappa shape index (κ1) is 21.4. The standard InChI is InChI=1S/C24H30N2O2S/c1-18-13-15-20(16-14-18)26(3)24(28)21-11-7-8-12-22(21)29-17-23(27)25(2)19-9-5-4-6-10-19/h7-8,11-16,19H,4-6,9-10,17H2,1-3H3. The van der Waals surface area contributed by atoms with Crippen molar-refractivity contribution in [1.29, 1.82) is 0 Å². The number of rotatable bonds is 6. The molecule has 0 heterocycles. The van der Waals surface area contributed by atoms with Gasteiger partial charge >= 0.3 is 0 Å². The number of carbonyl (C=O) groups excluding carboxylic acids is 2. The molecule has 0 unspecified atom stereocenters. The van der Waals surface area contributed by atoms with Gasteiger partial charge in [-0.05, 0) is 44.0 Å². The van der Waals surface area contributed by atoms with Crippen molar-refractivity contribution in [3.8, 4) is 0 Å². The van der Waals surface area contributed by atoms with Crippen LogP contribution in [0.1, 0.15) is 48.0 Å². The summed E-state index contributed by atoms with van der Waals surface area (Å²) in [6, 6.07) is 15.8. The largest absolute Gasteiger partial charge is 0.342 e. The minimum atomic E-state index is -0.0648. The summed E-state index contributed by atoms with van der Waals surface area (Å²) < 4.78 is 0. The summed E-state index contributed by atoms with van der Waals surface area (Å²) in [5, 5.41) is 0. The maximum atomic E-state index is 13.1. The molecule has 1 aliphatic rings. The fourth-order valence-electron chi connectivity index (χ4n) is 3.75. The molecule has 0 atom stereocenters. The molecule has 5 heteroatoms. The van der Waals surface area contributed by atoms with Crippen LogP contribution in [0.3, 0.4) is 0 Å². The Kier molecular flexibility index (Phi) is 7.37. The van der Waals surface area contributed by atoms with E-state index in [9.17, 15) is 9.59 Å². The van der Waals surface area contributed by atoms with Crippen LogP contribution in [0.4, 0.5) is 5.69 Å². The summed E-state index contributed by atoms with van der Waals surface area (Å²) in [5.41, 5.74) is 2.65. The molecule has 2 amide bonds. The van der Waals surface area contributed by atoms with E-state index < -0.39 is 0 Å². The molecule has 0 spiro atoms. The van der Waals surface area contributed by atoms with Gasteiger partial charge < -0.3 is 9.80 Å². The van der Waals surface area contributed by atoms with E-state index >= 15 is 0 Å². The number of anilines is 1. The molecule has 0 aromatic heterocycles. The molecule has 1 saturated carbocycles. The summed E-state index contributed by atoms with van der Waals surface area (Å²) in [6.07, 6.45) is 5.89. The van der Waals surface area contributed by atoms with Crippen LogP contribution in [0.25, 0.3) is 0 Å². The number of hydrogen-bond donors (Lipinski definition) is 0. The Hall–Kier alpha value is -2.27. The van der Waals surface area contributed by atoms with Gasteiger partial charge in [-0.15, -0.1) is 11.8 Å². The zero-order chi connectivity index (χ0) is 20.8. The van der Waals surface area contributed by atoms with E-state index in [1.807, 2.05) is 67.4 Å². The van der Waals surface area contributed by atoms with Crippen molar-refractivity contribution >= 4 is 29.3 Å². The highest BCUT2D eigenvalue weighted by atomic mass is 32.2. The number of benzene rings is 2. The maximum Gasteiger partial charge on any atom is 0.259 e. The number of aryl methyl sites for hydroxylation is 1. The number of nitrogens with zero attached hydrogens (tertiary/aromatic N) is 2. The van der Waals surface area contributed by atoms with Crippen molar-refractivity contribution in [3.05, 3.63) is 59.7 Å². The van der Waals surface area contributed by atoms with Gasteiger partial charge in [-0.2, -0.15) is 0 Å². The van der Waals surface area contributed by atoms with Gasteiger partial charge in [-0.3, -0.25) is 9.59 Å². The smallest absolute Gasteiger partial charge is 0.259 e. The van der Waals surface area contributed by atoms with Crippen LogP contribution in [-0.2, 0) is 4.79 Å². The van der Waals surface area contributed by atoms with E-state index in [1.54, 1.807) is 11.9 Å².